The van der Waals surface area contributed by atoms with Gasteiger partial charge in [0.05, 0.1) is 5.56 Å². The first-order valence-corrected chi connectivity index (χ1v) is 6.26. The number of aromatic nitrogens is 1. The van der Waals surface area contributed by atoms with E-state index in [0.29, 0.717) is 6.42 Å². The predicted molar refractivity (Wildman–Crippen MR) is 64.2 cm³/mol. The van der Waals surface area contributed by atoms with Gasteiger partial charge in [0, 0.05) is 18.2 Å². The SMILES string of the molecule is O=C1CCC(n2cc3c(c2O)C2OC2C=C3)C(=O)N1. The summed E-state index contributed by atoms with van der Waals surface area (Å²) in [7, 11) is 0. The van der Waals surface area contributed by atoms with E-state index in [4.69, 9.17) is 4.74 Å². The van der Waals surface area contributed by atoms with Gasteiger partial charge in [-0.1, -0.05) is 12.2 Å². The molecule has 3 unspecified atom stereocenters. The molecule has 0 aromatic carbocycles. The highest BCUT2D eigenvalue weighted by Crippen LogP contribution is 2.50. The Balaban J connectivity index is 1.75. The monoisotopic (exact) mass is 260 g/mol. The van der Waals surface area contributed by atoms with Gasteiger partial charge in [-0.15, -0.1) is 0 Å². The lowest BCUT2D eigenvalue weighted by Crippen LogP contribution is -2.41. The average molecular weight is 260 g/mol. The summed E-state index contributed by atoms with van der Waals surface area (Å²) in [5.41, 5.74) is 1.62. The van der Waals surface area contributed by atoms with E-state index < -0.39 is 6.04 Å². The summed E-state index contributed by atoms with van der Waals surface area (Å²) in [4.78, 5) is 23.0. The second-order valence-electron chi connectivity index (χ2n) is 5.08. The zero-order valence-corrected chi connectivity index (χ0v) is 10.00. The van der Waals surface area contributed by atoms with E-state index in [1.54, 1.807) is 10.8 Å². The molecule has 0 spiro atoms. The Hall–Kier alpha value is -2.08. The highest BCUT2D eigenvalue weighted by atomic mass is 16.6. The van der Waals surface area contributed by atoms with Gasteiger partial charge in [0.2, 0.25) is 11.8 Å². The van der Waals surface area contributed by atoms with Gasteiger partial charge < -0.3 is 14.4 Å². The molecule has 3 heterocycles. The van der Waals surface area contributed by atoms with Crippen molar-refractivity contribution in [3.05, 3.63) is 23.4 Å². The summed E-state index contributed by atoms with van der Waals surface area (Å²) in [5.74, 6) is -0.555. The fourth-order valence-corrected chi connectivity index (χ4v) is 2.86. The third-order valence-electron chi connectivity index (χ3n) is 3.90. The number of nitrogens with zero attached hydrogens (tertiary/aromatic N) is 1. The van der Waals surface area contributed by atoms with Crippen LogP contribution in [0, 0.1) is 0 Å². The van der Waals surface area contributed by atoms with Crippen LogP contribution in [0.2, 0.25) is 0 Å². The maximum atomic E-state index is 11.8. The number of carbonyl (C=O) groups is 2. The van der Waals surface area contributed by atoms with Crippen LogP contribution in [-0.4, -0.2) is 27.6 Å². The molecule has 0 radical (unpaired) electrons. The van der Waals surface area contributed by atoms with Crippen LogP contribution in [0.25, 0.3) is 6.08 Å². The van der Waals surface area contributed by atoms with Gasteiger partial charge in [-0.2, -0.15) is 0 Å². The number of hydrogen-bond donors (Lipinski definition) is 2. The lowest BCUT2D eigenvalue weighted by molar-refractivity contribution is -0.135. The fourth-order valence-electron chi connectivity index (χ4n) is 2.86. The fraction of sp³-hybridized carbons (Fsp3) is 0.385. The molecule has 19 heavy (non-hydrogen) atoms. The lowest BCUT2D eigenvalue weighted by atomic mass is 10.0. The van der Waals surface area contributed by atoms with Crippen molar-refractivity contribution >= 4 is 17.9 Å². The second-order valence-corrected chi connectivity index (χ2v) is 5.08. The van der Waals surface area contributed by atoms with Crippen molar-refractivity contribution in [2.75, 3.05) is 0 Å². The van der Waals surface area contributed by atoms with Crippen molar-refractivity contribution in [1.82, 2.24) is 9.88 Å². The van der Waals surface area contributed by atoms with E-state index in [2.05, 4.69) is 5.32 Å². The molecule has 2 N–H and O–H groups in total. The number of imide groups is 1. The molecule has 0 saturated carbocycles. The van der Waals surface area contributed by atoms with E-state index in [9.17, 15) is 14.7 Å². The number of carbonyl (C=O) groups excluding carboxylic acids is 2. The van der Waals surface area contributed by atoms with Crippen molar-refractivity contribution in [2.45, 2.75) is 31.1 Å². The van der Waals surface area contributed by atoms with Crippen molar-refractivity contribution in [2.24, 2.45) is 0 Å². The lowest BCUT2D eigenvalue weighted by Gasteiger charge is -2.22. The first-order valence-electron chi connectivity index (χ1n) is 6.26. The minimum atomic E-state index is -0.533. The zero-order chi connectivity index (χ0) is 13.1. The van der Waals surface area contributed by atoms with Crippen molar-refractivity contribution < 1.29 is 19.4 Å². The third-order valence-corrected chi connectivity index (χ3v) is 3.90. The number of rotatable bonds is 1. The highest BCUT2D eigenvalue weighted by Gasteiger charge is 2.45. The number of amides is 2. The number of fused-ring (bicyclic) bond motifs is 3. The molecule has 3 atom stereocenters. The molecule has 2 amide bonds. The van der Waals surface area contributed by atoms with Crippen molar-refractivity contribution in [1.29, 1.82) is 0 Å². The largest absolute Gasteiger partial charge is 0.494 e. The molecule has 4 rings (SSSR count). The second kappa shape index (κ2) is 3.48. The summed E-state index contributed by atoms with van der Waals surface area (Å²) in [6, 6.07) is -0.533. The standard InChI is InChI=1S/C13H12N2O4/c16-9-4-2-7(12(17)14-9)15-5-6-1-3-8-11(19-8)10(6)13(15)18/h1,3,5,7-8,11,18H,2,4H2,(H,14,16,17). The van der Waals surface area contributed by atoms with Crippen LogP contribution in [0.3, 0.4) is 0 Å². The molecule has 2 saturated heterocycles. The quantitative estimate of drug-likeness (QED) is 0.573. The van der Waals surface area contributed by atoms with Gasteiger partial charge in [-0.25, -0.2) is 0 Å². The van der Waals surface area contributed by atoms with E-state index >= 15 is 0 Å². The molecular weight excluding hydrogens is 248 g/mol. The van der Waals surface area contributed by atoms with Crippen LogP contribution in [-0.2, 0) is 14.3 Å². The molecule has 6 nitrogen and oxygen atoms in total. The topological polar surface area (TPSA) is 83.9 Å². The van der Waals surface area contributed by atoms with Crippen molar-refractivity contribution in [3.8, 4) is 5.88 Å². The first kappa shape index (κ1) is 10.8. The maximum absolute atomic E-state index is 11.8. The van der Waals surface area contributed by atoms with Gasteiger partial charge in [0.1, 0.15) is 18.2 Å². The Kier molecular flexibility index (Phi) is 1.98. The third kappa shape index (κ3) is 1.46. The predicted octanol–water partition coefficient (Wildman–Crippen LogP) is 0.638. The summed E-state index contributed by atoms with van der Waals surface area (Å²) >= 11 is 0. The van der Waals surface area contributed by atoms with Crippen LogP contribution >= 0.6 is 0 Å². The summed E-state index contributed by atoms with van der Waals surface area (Å²) in [6.07, 6.45) is 6.25. The number of piperidine rings is 1. The molecule has 1 aliphatic carbocycles. The van der Waals surface area contributed by atoms with E-state index in [1.807, 2.05) is 12.2 Å². The molecule has 2 aliphatic heterocycles. The molecule has 2 fully saturated rings. The normalized spacial score (nSPS) is 31.7. The van der Waals surface area contributed by atoms with Gasteiger partial charge in [0.25, 0.3) is 0 Å². The van der Waals surface area contributed by atoms with Gasteiger partial charge in [-0.3, -0.25) is 14.9 Å². The smallest absolute Gasteiger partial charge is 0.249 e. The first-order chi connectivity index (χ1) is 9.15. The van der Waals surface area contributed by atoms with E-state index in [0.717, 1.165) is 11.1 Å². The number of epoxide rings is 1. The Morgan fingerprint density at radius 3 is 3.05 bits per heavy atom. The Labute approximate surface area is 108 Å². The number of nitrogens with one attached hydrogen (secondary N) is 1. The molecule has 1 aromatic heterocycles. The molecule has 1 aromatic rings. The van der Waals surface area contributed by atoms with E-state index in [-0.39, 0.29) is 36.3 Å². The minimum absolute atomic E-state index is 0.0519. The number of ether oxygens (including phenoxy) is 1. The molecule has 6 heteroatoms. The summed E-state index contributed by atoms with van der Waals surface area (Å²) < 4.78 is 6.96. The molecule has 3 aliphatic rings. The zero-order valence-electron chi connectivity index (χ0n) is 10.00. The minimum Gasteiger partial charge on any atom is -0.494 e. The maximum Gasteiger partial charge on any atom is 0.249 e. The Morgan fingerprint density at radius 1 is 1.42 bits per heavy atom. The summed E-state index contributed by atoms with van der Waals surface area (Å²) in [5, 5.41) is 12.6. The Morgan fingerprint density at radius 2 is 2.26 bits per heavy atom. The number of aromatic hydroxyl groups is 1. The van der Waals surface area contributed by atoms with Crippen molar-refractivity contribution in [3.63, 3.8) is 0 Å². The average Bonchev–Trinajstić information content (AvgIpc) is 3.08. The number of hydrogen-bond acceptors (Lipinski definition) is 4. The van der Waals surface area contributed by atoms with Crippen LogP contribution in [0.4, 0.5) is 0 Å². The van der Waals surface area contributed by atoms with Crippen LogP contribution in [0.15, 0.2) is 12.3 Å². The highest BCUT2D eigenvalue weighted by molar-refractivity contribution is 5.99. The van der Waals surface area contributed by atoms with E-state index in [1.165, 1.54) is 0 Å². The van der Waals surface area contributed by atoms with Gasteiger partial charge in [0.15, 0.2) is 5.88 Å². The molecule has 98 valence electrons. The van der Waals surface area contributed by atoms with Crippen LogP contribution in [0.1, 0.15) is 36.1 Å². The van der Waals surface area contributed by atoms with Crippen LogP contribution in [0.5, 0.6) is 5.88 Å². The van der Waals surface area contributed by atoms with Gasteiger partial charge >= 0.3 is 0 Å². The van der Waals surface area contributed by atoms with Gasteiger partial charge in [-0.05, 0) is 6.42 Å². The molecule has 0 bridgehead atoms. The Bertz CT molecular complexity index is 631. The van der Waals surface area contributed by atoms with Crippen LogP contribution < -0.4 is 5.32 Å². The summed E-state index contributed by atoms with van der Waals surface area (Å²) in [6.45, 7) is 0. The molecular formula is C13H12N2O4.